The maximum Gasteiger partial charge on any atom is 0.192 e. The Labute approximate surface area is 142 Å². The number of hydrogen-bond acceptors (Lipinski definition) is 9. The molecule has 0 aromatic carbocycles. The van der Waals surface area contributed by atoms with Gasteiger partial charge in [0.05, 0.1) is 6.33 Å². The van der Waals surface area contributed by atoms with Gasteiger partial charge in [0.2, 0.25) is 0 Å². The fraction of sp³-hybridized carbons (Fsp3) is 0.600. The van der Waals surface area contributed by atoms with Crippen molar-refractivity contribution in [2.75, 3.05) is 5.73 Å². The van der Waals surface area contributed by atoms with E-state index < -0.39 is 40.8 Å². The number of carbonyl (C=O) groups excluding carboxylic acids is 1. The van der Waals surface area contributed by atoms with Crippen LogP contribution in [0.4, 0.5) is 5.82 Å². The molecule has 1 unspecified atom stereocenters. The predicted octanol–water partition coefficient (Wildman–Crippen LogP) is -1.24. The zero-order valence-corrected chi connectivity index (χ0v) is 13.9. The number of aliphatic hydroxyl groups is 3. The van der Waals surface area contributed by atoms with E-state index in [0.29, 0.717) is 11.2 Å². The van der Waals surface area contributed by atoms with Crippen molar-refractivity contribution < 1.29 is 24.9 Å². The summed E-state index contributed by atoms with van der Waals surface area (Å²) in [6.45, 7) is 4.55. The Hall–Kier alpha value is -2.14. The quantitative estimate of drug-likeness (QED) is 0.532. The second kappa shape index (κ2) is 4.52. The van der Waals surface area contributed by atoms with E-state index in [9.17, 15) is 20.1 Å². The molecule has 1 aliphatic heterocycles. The number of nitrogens with zero attached hydrogens (tertiary/aromatic N) is 4. The topological polar surface area (TPSA) is 157 Å². The number of aromatic nitrogens is 4. The smallest absolute Gasteiger partial charge is 0.192 e. The van der Waals surface area contributed by atoms with E-state index in [0.717, 1.165) is 0 Å². The molecule has 1 aliphatic carbocycles. The fourth-order valence-corrected chi connectivity index (χ4v) is 4.05. The standard InChI is InChI=1S/C15H19N5O5/c1-6(21)8(22)9-14(23)13(2,3)15(14,24)12(25-9)20-5-19-7-10(16)17-4-18-11(7)20/h4-6,9,12,21,23-24H,1-3H3,(H2,16,17,18)/t6?,9-,12-,14+,15-/m1/s1. The number of rotatable bonds is 3. The highest BCUT2D eigenvalue weighted by Crippen LogP contribution is 2.75. The van der Waals surface area contributed by atoms with Gasteiger partial charge in [-0.25, -0.2) is 15.0 Å². The SMILES string of the molecule is CC(O)C(=O)[C@H]1O[C@@H](n2cnc3c(N)ncnc32)[C@@]2(O)C(C)(C)[C@@]12O. The summed E-state index contributed by atoms with van der Waals surface area (Å²) < 4.78 is 7.11. The van der Waals surface area contributed by atoms with Crippen LogP contribution in [-0.4, -0.2) is 64.0 Å². The van der Waals surface area contributed by atoms with E-state index in [-0.39, 0.29) is 5.82 Å². The molecule has 2 aliphatic rings. The van der Waals surface area contributed by atoms with Crippen LogP contribution in [0, 0.1) is 5.41 Å². The molecule has 2 aromatic heterocycles. The minimum Gasteiger partial charge on any atom is -0.386 e. The summed E-state index contributed by atoms with van der Waals surface area (Å²) in [5.41, 5.74) is 1.75. The van der Waals surface area contributed by atoms with Crippen molar-refractivity contribution in [3.63, 3.8) is 0 Å². The van der Waals surface area contributed by atoms with Crippen molar-refractivity contribution in [1.82, 2.24) is 19.5 Å². The average Bonchev–Trinajstić information content (AvgIpc) is 2.93. The molecule has 5 atom stereocenters. The van der Waals surface area contributed by atoms with E-state index in [4.69, 9.17) is 10.5 Å². The van der Waals surface area contributed by atoms with Gasteiger partial charge in [-0.3, -0.25) is 9.36 Å². The summed E-state index contributed by atoms with van der Waals surface area (Å²) in [7, 11) is 0. The second-order valence-electron chi connectivity index (χ2n) is 7.19. The number of aliphatic hydroxyl groups excluding tert-OH is 1. The van der Waals surface area contributed by atoms with Crippen molar-refractivity contribution in [1.29, 1.82) is 0 Å². The molecule has 1 saturated carbocycles. The Morgan fingerprint density at radius 3 is 2.64 bits per heavy atom. The predicted molar refractivity (Wildman–Crippen MR) is 84.0 cm³/mol. The number of ketones is 1. The van der Waals surface area contributed by atoms with Crippen LogP contribution < -0.4 is 5.73 Å². The fourth-order valence-electron chi connectivity index (χ4n) is 4.05. The van der Waals surface area contributed by atoms with Gasteiger partial charge in [0.15, 0.2) is 29.6 Å². The summed E-state index contributed by atoms with van der Waals surface area (Å²) in [4.78, 5) is 24.4. The van der Waals surface area contributed by atoms with E-state index in [1.54, 1.807) is 13.8 Å². The first-order valence-corrected chi connectivity index (χ1v) is 7.84. The normalized spacial score (nSPS) is 37.0. The highest BCUT2D eigenvalue weighted by Gasteiger charge is 2.93. The maximum atomic E-state index is 12.3. The van der Waals surface area contributed by atoms with Crippen LogP contribution >= 0.6 is 0 Å². The summed E-state index contributed by atoms with van der Waals surface area (Å²) >= 11 is 0. The molecule has 2 aromatic rings. The van der Waals surface area contributed by atoms with Crippen LogP contribution in [0.25, 0.3) is 11.2 Å². The number of nitrogen functional groups attached to an aromatic ring is 1. The van der Waals surface area contributed by atoms with E-state index >= 15 is 0 Å². The molecule has 10 nitrogen and oxygen atoms in total. The van der Waals surface area contributed by atoms with Gasteiger partial charge in [-0.15, -0.1) is 0 Å². The molecule has 25 heavy (non-hydrogen) atoms. The number of Topliss-reactive ketones (excluding diaryl/α,β-unsaturated/α-hetero) is 1. The lowest BCUT2D eigenvalue weighted by atomic mass is 9.97. The summed E-state index contributed by atoms with van der Waals surface area (Å²) in [6.07, 6.45) is -1.24. The van der Waals surface area contributed by atoms with Crippen molar-refractivity contribution in [2.24, 2.45) is 5.41 Å². The first-order chi connectivity index (χ1) is 11.6. The van der Waals surface area contributed by atoms with Gasteiger partial charge >= 0.3 is 0 Å². The van der Waals surface area contributed by atoms with E-state index in [1.165, 1.54) is 24.1 Å². The Balaban J connectivity index is 1.86. The molecule has 0 radical (unpaired) electrons. The highest BCUT2D eigenvalue weighted by molar-refractivity contribution is 5.90. The van der Waals surface area contributed by atoms with Gasteiger partial charge in [0, 0.05) is 5.41 Å². The van der Waals surface area contributed by atoms with Crippen molar-refractivity contribution in [3.8, 4) is 0 Å². The van der Waals surface area contributed by atoms with Crippen molar-refractivity contribution in [3.05, 3.63) is 12.7 Å². The Bertz CT molecular complexity index is 896. The molecule has 1 saturated heterocycles. The summed E-state index contributed by atoms with van der Waals surface area (Å²) in [5.74, 6) is -0.539. The molecule has 0 spiro atoms. The number of hydrogen-bond donors (Lipinski definition) is 4. The van der Waals surface area contributed by atoms with Crippen LogP contribution in [-0.2, 0) is 9.53 Å². The van der Waals surface area contributed by atoms with Gasteiger partial charge in [0.1, 0.15) is 29.2 Å². The lowest BCUT2D eigenvalue weighted by molar-refractivity contribution is -0.156. The number of anilines is 1. The van der Waals surface area contributed by atoms with Crippen LogP contribution in [0.5, 0.6) is 0 Å². The lowest BCUT2D eigenvalue weighted by Crippen LogP contribution is -2.44. The minimum atomic E-state index is -1.84. The van der Waals surface area contributed by atoms with Crippen LogP contribution in [0.3, 0.4) is 0 Å². The number of imidazole rings is 1. The molecule has 5 N–H and O–H groups in total. The van der Waals surface area contributed by atoms with Crippen LogP contribution in [0.1, 0.15) is 27.0 Å². The van der Waals surface area contributed by atoms with E-state index in [1.807, 2.05) is 0 Å². The third kappa shape index (κ3) is 1.58. The number of ether oxygens (including phenoxy) is 1. The first-order valence-electron chi connectivity index (χ1n) is 7.84. The monoisotopic (exact) mass is 349 g/mol. The molecule has 134 valence electrons. The van der Waals surface area contributed by atoms with E-state index in [2.05, 4.69) is 15.0 Å². The molecule has 10 heteroatoms. The summed E-state index contributed by atoms with van der Waals surface area (Å²) in [6, 6.07) is 0. The van der Waals surface area contributed by atoms with Crippen molar-refractivity contribution >= 4 is 22.8 Å². The third-order valence-corrected chi connectivity index (χ3v) is 5.74. The number of nitrogens with two attached hydrogens (primary N) is 1. The highest BCUT2D eigenvalue weighted by atomic mass is 16.6. The minimum absolute atomic E-state index is 0.163. The summed E-state index contributed by atoms with van der Waals surface area (Å²) in [5, 5.41) is 31.8. The number of carbonyl (C=O) groups is 1. The molecule has 0 bridgehead atoms. The molecular formula is C15H19N5O5. The van der Waals surface area contributed by atoms with Gasteiger partial charge in [-0.2, -0.15) is 0 Å². The Kier molecular flexibility index (Phi) is 2.96. The largest absolute Gasteiger partial charge is 0.386 e. The molecule has 2 fully saturated rings. The molecule has 4 rings (SSSR count). The number of fused-ring (bicyclic) bond motifs is 2. The maximum absolute atomic E-state index is 12.3. The van der Waals surface area contributed by atoms with Gasteiger partial charge in [-0.05, 0) is 6.92 Å². The van der Waals surface area contributed by atoms with Crippen LogP contribution in [0.15, 0.2) is 12.7 Å². The zero-order chi connectivity index (χ0) is 18.4. The molecular weight excluding hydrogens is 330 g/mol. The Morgan fingerprint density at radius 2 is 2.00 bits per heavy atom. The second-order valence-corrected chi connectivity index (χ2v) is 7.19. The first kappa shape index (κ1) is 16.3. The average molecular weight is 349 g/mol. The third-order valence-electron chi connectivity index (χ3n) is 5.74. The Morgan fingerprint density at radius 1 is 1.32 bits per heavy atom. The van der Waals surface area contributed by atoms with Gasteiger partial charge < -0.3 is 25.8 Å². The van der Waals surface area contributed by atoms with Gasteiger partial charge in [0.25, 0.3) is 0 Å². The molecule has 0 amide bonds. The zero-order valence-electron chi connectivity index (χ0n) is 13.9. The molecule has 3 heterocycles. The lowest BCUT2D eigenvalue weighted by Gasteiger charge is -2.27. The van der Waals surface area contributed by atoms with Crippen molar-refractivity contribution in [2.45, 2.75) is 50.4 Å². The van der Waals surface area contributed by atoms with Crippen LogP contribution in [0.2, 0.25) is 0 Å². The van der Waals surface area contributed by atoms with Gasteiger partial charge in [-0.1, -0.05) is 13.8 Å².